The molecular weight excluding hydrogens is 521 g/mol. The molecule has 4 aromatic rings. The molecule has 184 valence electrons. The van der Waals surface area contributed by atoms with Gasteiger partial charge in [-0.05, 0) is 47.5 Å². The Morgan fingerprint density at radius 1 is 0.972 bits per heavy atom. The van der Waals surface area contributed by atoms with Gasteiger partial charge in [0, 0.05) is 11.5 Å². The van der Waals surface area contributed by atoms with E-state index in [4.69, 9.17) is 44.1 Å². The number of carboxylic acid groups (broad SMARTS) is 1. The van der Waals surface area contributed by atoms with Gasteiger partial charge in [-0.1, -0.05) is 90.2 Å². The van der Waals surface area contributed by atoms with Crippen molar-refractivity contribution in [3.8, 4) is 17.0 Å². The number of carboxylic acids is 1. The van der Waals surface area contributed by atoms with E-state index < -0.39 is 5.97 Å². The first-order chi connectivity index (χ1) is 17.3. The minimum absolute atomic E-state index is 0.0656. The number of nitrogens with zero attached hydrogens (tertiary/aromatic N) is 1. The maximum atomic E-state index is 11.4. The molecule has 0 amide bonds. The van der Waals surface area contributed by atoms with Gasteiger partial charge in [-0.3, -0.25) is 0 Å². The maximum Gasteiger partial charge on any atom is 0.336 e. The second-order valence-electron chi connectivity index (χ2n) is 8.32. The van der Waals surface area contributed by atoms with Crippen molar-refractivity contribution in [2.45, 2.75) is 26.4 Å². The second kappa shape index (κ2) is 11.2. The Labute approximate surface area is 223 Å². The predicted octanol–water partition coefficient (Wildman–Crippen LogP) is 8.87. The minimum atomic E-state index is -0.989. The molecule has 0 radical (unpaired) electrons. The summed E-state index contributed by atoms with van der Waals surface area (Å²) in [7, 11) is 0. The summed E-state index contributed by atoms with van der Waals surface area (Å²) in [6.45, 7) is 4.18. The molecule has 0 bridgehead atoms. The van der Waals surface area contributed by atoms with Gasteiger partial charge < -0.3 is 14.4 Å². The molecule has 5 nitrogen and oxygen atoms in total. The number of benzene rings is 3. The molecule has 0 aliphatic heterocycles. The summed E-state index contributed by atoms with van der Waals surface area (Å²) in [4.78, 5) is 11.4. The number of aromatic carboxylic acids is 1. The first-order valence-electron chi connectivity index (χ1n) is 11.1. The van der Waals surface area contributed by atoms with Crippen LogP contribution < -0.4 is 4.74 Å². The Bertz CT molecular complexity index is 1420. The number of aromatic nitrogens is 1. The molecule has 0 unspecified atom stereocenters. The van der Waals surface area contributed by atoms with Crippen molar-refractivity contribution < 1.29 is 19.2 Å². The SMILES string of the molecule is CC(C)c1onc(-c2c(Cl)cccc2Cl)c1COc1ccc(/C=C/c2ccccc2C(=O)O)c(Cl)c1. The van der Waals surface area contributed by atoms with Gasteiger partial charge in [-0.15, -0.1) is 0 Å². The molecule has 0 aliphatic carbocycles. The second-order valence-corrected chi connectivity index (χ2v) is 9.54. The molecular formula is C28H22Cl3NO4. The van der Waals surface area contributed by atoms with Gasteiger partial charge in [-0.25, -0.2) is 4.79 Å². The van der Waals surface area contributed by atoms with Gasteiger partial charge in [0.15, 0.2) is 0 Å². The van der Waals surface area contributed by atoms with Crippen molar-refractivity contribution in [3.63, 3.8) is 0 Å². The van der Waals surface area contributed by atoms with Gasteiger partial charge in [0.05, 0.1) is 26.2 Å². The van der Waals surface area contributed by atoms with Crippen LogP contribution in [0, 0.1) is 0 Å². The lowest BCUT2D eigenvalue weighted by Gasteiger charge is -2.11. The summed E-state index contributed by atoms with van der Waals surface area (Å²) < 4.78 is 11.7. The summed E-state index contributed by atoms with van der Waals surface area (Å²) in [6.07, 6.45) is 3.49. The van der Waals surface area contributed by atoms with E-state index in [0.29, 0.717) is 43.4 Å². The van der Waals surface area contributed by atoms with E-state index in [1.165, 1.54) is 0 Å². The Hall–Kier alpha value is -3.25. The highest BCUT2D eigenvalue weighted by Gasteiger charge is 2.24. The van der Waals surface area contributed by atoms with E-state index in [1.54, 1.807) is 72.8 Å². The fourth-order valence-corrected chi connectivity index (χ4v) is 4.55. The smallest absolute Gasteiger partial charge is 0.336 e. The van der Waals surface area contributed by atoms with Crippen molar-refractivity contribution in [2.24, 2.45) is 0 Å². The number of carbonyl (C=O) groups is 1. The molecule has 8 heteroatoms. The van der Waals surface area contributed by atoms with Crippen LogP contribution in [-0.2, 0) is 6.61 Å². The van der Waals surface area contributed by atoms with Crippen LogP contribution >= 0.6 is 34.8 Å². The first-order valence-corrected chi connectivity index (χ1v) is 12.2. The molecule has 1 heterocycles. The largest absolute Gasteiger partial charge is 0.489 e. The molecule has 0 atom stereocenters. The van der Waals surface area contributed by atoms with Gasteiger partial charge in [0.1, 0.15) is 23.8 Å². The molecule has 1 N–H and O–H groups in total. The maximum absolute atomic E-state index is 11.4. The number of rotatable bonds is 8. The zero-order valence-electron chi connectivity index (χ0n) is 19.5. The van der Waals surface area contributed by atoms with E-state index in [1.807, 2.05) is 13.8 Å². The van der Waals surface area contributed by atoms with Crippen LogP contribution in [0.1, 0.15) is 52.6 Å². The van der Waals surface area contributed by atoms with Gasteiger partial charge in [0.25, 0.3) is 0 Å². The van der Waals surface area contributed by atoms with Crippen molar-refractivity contribution in [1.29, 1.82) is 0 Å². The van der Waals surface area contributed by atoms with Gasteiger partial charge >= 0.3 is 5.97 Å². The third-order valence-corrected chi connectivity index (χ3v) is 6.49. The van der Waals surface area contributed by atoms with Crippen LogP contribution in [0.3, 0.4) is 0 Å². The highest BCUT2D eigenvalue weighted by Crippen LogP contribution is 2.39. The summed E-state index contributed by atoms with van der Waals surface area (Å²) in [5.41, 5.74) is 3.41. The van der Waals surface area contributed by atoms with E-state index in [9.17, 15) is 9.90 Å². The Morgan fingerprint density at radius 3 is 2.33 bits per heavy atom. The summed E-state index contributed by atoms with van der Waals surface area (Å²) in [5.74, 6) is 0.312. The quantitative estimate of drug-likeness (QED) is 0.225. The van der Waals surface area contributed by atoms with Crippen molar-refractivity contribution >= 4 is 52.9 Å². The number of ether oxygens (including phenoxy) is 1. The Morgan fingerprint density at radius 2 is 1.67 bits per heavy atom. The Balaban J connectivity index is 1.58. The van der Waals surface area contributed by atoms with E-state index in [0.717, 1.165) is 11.1 Å². The molecule has 4 rings (SSSR count). The van der Waals surface area contributed by atoms with Crippen LogP contribution in [0.15, 0.2) is 65.2 Å². The normalized spacial score (nSPS) is 11.4. The average Bonchev–Trinajstić information content (AvgIpc) is 3.26. The minimum Gasteiger partial charge on any atom is -0.489 e. The highest BCUT2D eigenvalue weighted by atomic mass is 35.5. The highest BCUT2D eigenvalue weighted by molar-refractivity contribution is 6.39. The van der Waals surface area contributed by atoms with Crippen molar-refractivity contribution in [3.05, 3.63) is 104 Å². The van der Waals surface area contributed by atoms with Crippen LogP contribution in [0.5, 0.6) is 5.75 Å². The summed E-state index contributed by atoms with van der Waals surface area (Å²) in [5, 5.41) is 15.0. The van der Waals surface area contributed by atoms with Crippen molar-refractivity contribution in [1.82, 2.24) is 5.16 Å². The van der Waals surface area contributed by atoms with Crippen LogP contribution in [0.4, 0.5) is 0 Å². The fraction of sp³-hybridized carbons (Fsp3) is 0.143. The standard InChI is InChI=1S/C28H22Cl3NO4/c1-16(2)27-21(26(32-36-27)25-22(29)8-5-9-23(25)30)15-35-19-13-12-18(24(31)14-19)11-10-17-6-3-4-7-20(17)28(33)34/h3-14,16H,15H2,1-2H3,(H,33,34)/b11-10+. The van der Waals surface area contributed by atoms with Gasteiger partial charge in [-0.2, -0.15) is 0 Å². The molecule has 3 aromatic carbocycles. The molecule has 0 saturated heterocycles. The average molecular weight is 543 g/mol. The molecule has 36 heavy (non-hydrogen) atoms. The van der Waals surface area contributed by atoms with Crippen LogP contribution in [0.25, 0.3) is 23.4 Å². The molecule has 0 saturated carbocycles. The van der Waals surface area contributed by atoms with Gasteiger partial charge in [0.2, 0.25) is 0 Å². The third-order valence-electron chi connectivity index (χ3n) is 5.53. The van der Waals surface area contributed by atoms with E-state index in [-0.39, 0.29) is 18.1 Å². The van der Waals surface area contributed by atoms with Crippen LogP contribution in [-0.4, -0.2) is 16.2 Å². The topological polar surface area (TPSA) is 72.6 Å². The van der Waals surface area contributed by atoms with Crippen molar-refractivity contribution in [2.75, 3.05) is 0 Å². The van der Waals surface area contributed by atoms with E-state index >= 15 is 0 Å². The lowest BCUT2D eigenvalue weighted by atomic mass is 10.0. The van der Waals surface area contributed by atoms with Crippen LogP contribution in [0.2, 0.25) is 15.1 Å². The Kier molecular flexibility index (Phi) is 8.04. The lowest BCUT2D eigenvalue weighted by Crippen LogP contribution is -2.01. The predicted molar refractivity (Wildman–Crippen MR) is 144 cm³/mol. The summed E-state index contributed by atoms with van der Waals surface area (Å²) in [6, 6.07) is 17.3. The molecule has 0 fully saturated rings. The zero-order chi connectivity index (χ0) is 25.8. The summed E-state index contributed by atoms with van der Waals surface area (Å²) >= 11 is 19.3. The molecule has 1 aromatic heterocycles. The first kappa shape index (κ1) is 25.8. The number of halogens is 3. The van der Waals surface area contributed by atoms with E-state index in [2.05, 4.69) is 5.16 Å². The lowest BCUT2D eigenvalue weighted by molar-refractivity contribution is 0.0696. The molecule has 0 spiro atoms. The number of hydrogen-bond donors (Lipinski definition) is 1. The molecule has 0 aliphatic rings. The number of hydrogen-bond acceptors (Lipinski definition) is 4. The third kappa shape index (κ3) is 5.59. The monoisotopic (exact) mass is 541 g/mol. The fourth-order valence-electron chi connectivity index (χ4n) is 3.74. The zero-order valence-corrected chi connectivity index (χ0v) is 21.7.